The van der Waals surface area contributed by atoms with E-state index in [1.54, 1.807) is 19.4 Å². The molecule has 0 unspecified atom stereocenters. The van der Waals surface area contributed by atoms with Crippen LogP contribution in [0.4, 0.5) is 5.69 Å². The van der Waals surface area contributed by atoms with E-state index in [9.17, 15) is 4.79 Å². The molecule has 1 aliphatic rings. The minimum Gasteiger partial charge on any atom is -0.496 e. The van der Waals surface area contributed by atoms with Gasteiger partial charge >= 0.3 is 0 Å². The van der Waals surface area contributed by atoms with Gasteiger partial charge in [-0.1, -0.05) is 12.1 Å². The number of carbonyl (C=O) groups is 1. The number of nitrogens with zero attached hydrogens (tertiary/aromatic N) is 1. The number of aromatic nitrogens is 1. The number of pyridine rings is 1. The molecule has 0 radical (unpaired) electrons. The number of methoxy groups -OCH3 is 1. The summed E-state index contributed by atoms with van der Waals surface area (Å²) in [5.74, 6) is 0.970. The molecule has 3 rings (SSSR count). The van der Waals surface area contributed by atoms with Crippen LogP contribution in [0.25, 0.3) is 0 Å². The lowest BCUT2D eigenvalue weighted by Gasteiger charge is -2.10. The second-order valence-electron chi connectivity index (χ2n) is 4.54. The van der Waals surface area contributed by atoms with Crippen molar-refractivity contribution >= 4 is 23.5 Å². The smallest absolute Gasteiger partial charge is 0.256 e. The molecule has 2 N–H and O–H groups in total. The Bertz CT molecular complexity index is 693. The van der Waals surface area contributed by atoms with Crippen LogP contribution in [0.5, 0.6) is 11.6 Å². The number of amides is 1. The fraction of sp³-hybridized carbons (Fsp3) is 0.200. The van der Waals surface area contributed by atoms with E-state index in [1.165, 1.54) is 11.9 Å². The third kappa shape index (κ3) is 3.09. The molecule has 2 heterocycles. The Morgan fingerprint density at radius 2 is 2.27 bits per heavy atom. The molecule has 0 aliphatic carbocycles. The van der Waals surface area contributed by atoms with Crippen molar-refractivity contribution in [2.75, 3.05) is 25.0 Å². The molecule has 1 amide bonds. The summed E-state index contributed by atoms with van der Waals surface area (Å²) in [5.41, 5.74) is 1.15. The predicted octanol–water partition coefficient (Wildman–Crippen LogP) is 2.33. The summed E-state index contributed by atoms with van der Waals surface area (Å²) >= 11 is 1.39. The van der Waals surface area contributed by atoms with Crippen molar-refractivity contribution in [1.29, 1.82) is 0 Å². The minimum atomic E-state index is -0.175. The third-order valence-electron chi connectivity index (χ3n) is 3.07. The van der Waals surface area contributed by atoms with E-state index in [-0.39, 0.29) is 5.91 Å². The van der Waals surface area contributed by atoms with E-state index >= 15 is 0 Å². The number of para-hydroxylation sites is 1. The first kappa shape index (κ1) is 14.5. The van der Waals surface area contributed by atoms with Gasteiger partial charge in [0.2, 0.25) is 5.88 Å². The number of anilines is 1. The van der Waals surface area contributed by atoms with Gasteiger partial charge in [-0.2, -0.15) is 0 Å². The monoisotopic (exact) mass is 317 g/mol. The van der Waals surface area contributed by atoms with Crippen LogP contribution in [0.15, 0.2) is 41.4 Å². The van der Waals surface area contributed by atoms with Crippen LogP contribution in [0.1, 0.15) is 10.4 Å². The Morgan fingerprint density at radius 1 is 1.41 bits per heavy atom. The standard InChI is InChI=1S/C15H15N3O3S/c1-20-12-4-2-3-5-13(12)22-18-10-8-11-14(19)16-6-7-21-15(11)17-9-10/h2-5,8-9,18H,6-7H2,1H3,(H,16,19). The van der Waals surface area contributed by atoms with Crippen molar-refractivity contribution in [2.45, 2.75) is 4.90 Å². The summed E-state index contributed by atoms with van der Waals surface area (Å²) in [4.78, 5) is 17.1. The van der Waals surface area contributed by atoms with E-state index in [1.807, 2.05) is 24.3 Å². The Kier molecular flexibility index (Phi) is 4.34. The number of ether oxygens (including phenoxy) is 2. The van der Waals surface area contributed by atoms with Gasteiger partial charge in [0, 0.05) is 0 Å². The second-order valence-corrected chi connectivity index (χ2v) is 5.38. The largest absolute Gasteiger partial charge is 0.496 e. The Hall–Kier alpha value is -2.41. The molecule has 0 bridgehead atoms. The van der Waals surface area contributed by atoms with Gasteiger partial charge in [0.25, 0.3) is 5.91 Å². The van der Waals surface area contributed by atoms with Crippen LogP contribution >= 0.6 is 11.9 Å². The van der Waals surface area contributed by atoms with Crippen LogP contribution in [0.2, 0.25) is 0 Å². The fourth-order valence-corrected chi connectivity index (χ4v) is 2.75. The van der Waals surface area contributed by atoms with Gasteiger partial charge in [0.1, 0.15) is 17.9 Å². The quantitative estimate of drug-likeness (QED) is 0.843. The van der Waals surface area contributed by atoms with Gasteiger partial charge < -0.3 is 19.5 Å². The van der Waals surface area contributed by atoms with Crippen molar-refractivity contribution in [3.8, 4) is 11.6 Å². The van der Waals surface area contributed by atoms with Gasteiger partial charge in [-0.05, 0) is 30.1 Å². The highest BCUT2D eigenvalue weighted by atomic mass is 32.2. The van der Waals surface area contributed by atoms with E-state index in [4.69, 9.17) is 9.47 Å². The summed E-state index contributed by atoms with van der Waals surface area (Å²) in [7, 11) is 1.63. The van der Waals surface area contributed by atoms with Crippen LogP contribution in [0, 0.1) is 0 Å². The molecule has 0 saturated carbocycles. The zero-order valence-corrected chi connectivity index (χ0v) is 12.8. The van der Waals surface area contributed by atoms with Crippen molar-refractivity contribution in [1.82, 2.24) is 10.3 Å². The van der Waals surface area contributed by atoms with Crippen LogP contribution in [-0.4, -0.2) is 31.2 Å². The average molecular weight is 317 g/mol. The Balaban J connectivity index is 1.77. The molecule has 2 aromatic rings. The topological polar surface area (TPSA) is 72.5 Å². The lowest BCUT2D eigenvalue weighted by molar-refractivity contribution is 0.0957. The first-order chi connectivity index (χ1) is 10.8. The highest BCUT2D eigenvalue weighted by molar-refractivity contribution is 8.00. The minimum absolute atomic E-state index is 0.175. The molecule has 1 aliphatic heterocycles. The zero-order valence-electron chi connectivity index (χ0n) is 12.0. The SMILES string of the molecule is COc1ccccc1SNc1cnc2c(c1)C(=O)NCCO2. The van der Waals surface area contributed by atoms with E-state index in [0.717, 1.165) is 16.3 Å². The summed E-state index contributed by atoms with van der Waals surface area (Å²) in [6, 6.07) is 9.41. The number of hydrogen-bond acceptors (Lipinski definition) is 6. The van der Waals surface area contributed by atoms with Crippen LogP contribution in [-0.2, 0) is 0 Å². The van der Waals surface area contributed by atoms with Crippen LogP contribution < -0.4 is 19.5 Å². The van der Waals surface area contributed by atoms with Gasteiger partial charge in [-0.3, -0.25) is 4.79 Å². The highest BCUT2D eigenvalue weighted by Crippen LogP contribution is 2.30. The van der Waals surface area contributed by atoms with Crippen LogP contribution in [0.3, 0.4) is 0 Å². The zero-order chi connectivity index (χ0) is 15.4. The lowest BCUT2D eigenvalue weighted by atomic mass is 10.2. The van der Waals surface area contributed by atoms with Crippen molar-refractivity contribution in [2.24, 2.45) is 0 Å². The van der Waals surface area contributed by atoms with Crippen molar-refractivity contribution in [3.05, 3.63) is 42.1 Å². The second kappa shape index (κ2) is 6.57. The number of fused-ring (bicyclic) bond motifs is 1. The maximum atomic E-state index is 11.9. The van der Waals surface area contributed by atoms with E-state index in [0.29, 0.717) is 24.6 Å². The third-order valence-corrected chi connectivity index (χ3v) is 3.97. The van der Waals surface area contributed by atoms with Gasteiger partial charge in [0.15, 0.2) is 0 Å². The summed E-state index contributed by atoms with van der Waals surface area (Å²) in [6.07, 6.45) is 1.64. The van der Waals surface area contributed by atoms with E-state index < -0.39 is 0 Å². The van der Waals surface area contributed by atoms with Gasteiger partial charge in [-0.25, -0.2) is 4.98 Å². The molecule has 0 spiro atoms. The Labute approximate surface area is 132 Å². The molecular weight excluding hydrogens is 302 g/mol. The maximum absolute atomic E-state index is 11.9. The molecule has 1 aromatic carbocycles. The predicted molar refractivity (Wildman–Crippen MR) is 84.5 cm³/mol. The summed E-state index contributed by atoms with van der Waals surface area (Å²) < 4.78 is 13.9. The average Bonchev–Trinajstić information content (AvgIpc) is 2.75. The molecular formula is C15H15N3O3S. The number of rotatable bonds is 4. The fourth-order valence-electron chi connectivity index (χ4n) is 2.01. The highest BCUT2D eigenvalue weighted by Gasteiger charge is 2.18. The summed E-state index contributed by atoms with van der Waals surface area (Å²) in [5, 5.41) is 2.76. The number of benzene rings is 1. The van der Waals surface area contributed by atoms with E-state index in [2.05, 4.69) is 15.0 Å². The van der Waals surface area contributed by atoms with Gasteiger partial charge in [0.05, 0.1) is 30.4 Å². The van der Waals surface area contributed by atoms with Gasteiger partial charge in [-0.15, -0.1) is 0 Å². The molecule has 0 atom stereocenters. The first-order valence-electron chi connectivity index (χ1n) is 6.75. The molecule has 1 aromatic heterocycles. The first-order valence-corrected chi connectivity index (χ1v) is 7.56. The van der Waals surface area contributed by atoms with Crippen molar-refractivity contribution in [3.63, 3.8) is 0 Å². The number of carbonyl (C=O) groups excluding carboxylic acids is 1. The molecule has 114 valence electrons. The molecule has 7 heteroatoms. The Morgan fingerprint density at radius 3 is 3.14 bits per heavy atom. The maximum Gasteiger partial charge on any atom is 0.256 e. The molecule has 0 saturated heterocycles. The van der Waals surface area contributed by atoms with Crippen molar-refractivity contribution < 1.29 is 14.3 Å². The molecule has 0 fully saturated rings. The number of hydrogen-bond donors (Lipinski definition) is 2. The normalized spacial score (nSPS) is 13.4. The lowest BCUT2D eigenvalue weighted by Crippen LogP contribution is -2.24. The number of nitrogens with one attached hydrogen (secondary N) is 2. The molecule has 22 heavy (non-hydrogen) atoms. The summed E-state index contributed by atoms with van der Waals surface area (Å²) in [6.45, 7) is 0.905. The molecule has 6 nitrogen and oxygen atoms in total.